The zero-order valence-corrected chi connectivity index (χ0v) is 17.5. The van der Waals surface area contributed by atoms with Crippen LogP contribution in [-0.4, -0.2) is 42.5 Å². The van der Waals surface area contributed by atoms with E-state index in [0.717, 1.165) is 32.4 Å². The molecule has 1 atom stereocenters. The second-order valence-electron chi connectivity index (χ2n) is 6.97. The highest BCUT2D eigenvalue weighted by atomic mass is 35.5. The van der Waals surface area contributed by atoms with Crippen LogP contribution in [0.15, 0.2) is 42.7 Å². The number of fused-ring (bicyclic) bond motifs is 1. The van der Waals surface area contributed by atoms with Crippen molar-refractivity contribution in [3.05, 3.63) is 59.4 Å². The molecule has 0 aliphatic heterocycles. The lowest BCUT2D eigenvalue weighted by Gasteiger charge is -2.28. The predicted octanol–water partition coefficient (Wildman–Crippen LogP) is 4.03. The van der Waals surface area contributed by atoms with Gasteiger partial charge in [-0.15, -0.1) is 12.4 Å². The molecule has 1 aromatic carbocycles. The van der Waals surface area contributed by atoms with Crippen molar-refractivity contribution in [3.63, 3.8) is 0 Å². The summed E-state index contributed by atoms with van der Waals surface area (Å²) in [5.74, 6) is 0.554. The lowest BCUT2D eigenvalue weighted by atomic mass is 9.88. The Balaban J connectivity index is 0.00000280. The zero-order chi connectivity index (χ0) is 19.1. The number of pyridine rings is 1. The molecule has 152 valence electrons. The molecule has 1 aromatic heterocycles. The number of rotatable bonds is 8. The fraction of sp³-hybridized carbons (Fsp3) is 0.455. The Hall–Kier alpha value is -2.11. The number of nitrogens with one attached hydrogen (secondary N) is 1. The quantitative estimate of drug-likeness (QED) is 0.722. The van der Waals surface area contributed by atoms with Gasteiger partial charge in [-0.1, -0.05) is 31.2 Å². The maximum atomic E-state index is 13.0. The van der Waals surface area contributed by atoms with Gasteiger partial charge in [-0.2, -0.15) is 0 Å². The first kappa shape index (κ1) is 22.2. The highest BCUT2D eigenvalue weighted by Gasteiger charge is 2.21. The maximum absolute atomic E-state index is 13.0. The maximum Gasteiger partial charge on any atom is 0.259 e. The average molecular weight is 404 g/mol. The Labute approximate surface area is 173 Å². The van der Waals surface area contributed by atoms with E-state index in [-0.39, 0.29) is 18.3 Å². The molecule has 0 spiro atoms. The van der Waals surface area contributed by atoms with E-state index in [9.17, 15) is 4.79 Å². The lowest BCUT2D eigenvalue weighted by molar-refractivity contribution is 0.0751. The first-order chi connectivity index (χ1) is 13.2. The van der Waals surface area contributed by atoms with Crippen LogP contribution in [0.5, 0.6) is 5.75 Å². The molecule has 1 aliphatic rings. The minimum absolute atomic E-state index is 0. The molecule has 3 rings (SSSR count). The predicted molar refractivity (Wildman–Crippen MR) is 114 cm³/mol. The number of benzene rings is 1. The Morgan fingerprint density at radius 2 is 2.11 bits per heavy atom. The highest BCUT2D eigenvalue weighted by molar-refractivity contribution is 5.96. The summed E-state index contributed by atoms with van der Waals surface area (Å²) in [6, 6.07) is 10.8. The number of carbonyl (C=O) groups excluding carboxylic acids is 1. The van der Waals surface area contributed by atoms with Crippen molar-refractivity contribution >= 4 is 18.3 Å². The van der Waals surface area contributed by atoms with Crippen LogP contribution in [0.4, 0.5) is 0 Å². The van der Waals surface area contributed by atoms with Crippen molar-refractivity contribution in [2.45, 2.75) is 38.6 Å². The molecule has 0 saturated heterocycles. The fourth-order valence-corrected chi connectivity index (χ4v) is 3.82. The second-order valence-corrected chi connectivity index (χ2v) is 6.97. The summed E-state index contributed by atoms with van der Waals surface area (Å²) in [6.45, 7) is 4.25. The van der Waals surface area contributed by atoms with Gasteiger partial charge in [0.15, 0.2) is 0 Å². The van der Waals surface area contributed by atoms with Gasteiger partial charge in [-0.25, -0.2) is 0 Å². The minimum Gasteiger partial charge on any atom is -0.496 e. The Kier molecular flexibility index (Phi) is 8.74. The van der Waals surface area contributed by atoms with Crippen LogP contribution in [-0.2, 0) is 6.42 Å². The van der Waals surface area contributed by atoms with E-state index < -0.39 is 0 Å². The zero-order valence-electron chi connectivity index (χ0n) is 16.7. The molecule has 5 nitrogen and oxygen atoms in total. The van der Waals surface area contributed by atoms with Gasteiger partial charge < -0.3 is 15.0 Å². The third-order valence-corrected chi connectivity index (χ3v) is 5.15. The highest BCUT2D eigenvalue weighted by Crippen LogP contribution is 2.29. The molecule has 1 unspecified atom stereocenters. The molecule has 1 N–H and O–H groups in total. The van der Waals surface area contributed by atoms with Crippen LogP contribution in [0.25, 0.3) is 0 Å². The van der Waals surface area contributed by atoms with Crippen LogP contribution >= 0.6 is 12.4 Å². The van der Waals surface area contributed by atoms with Gasteiger partial charge in [-0.3, -0.25) is 9.78 Å². The number of ether oxygens (including phenoxy) is 1. The van der Waals surface area contributed by atoms with E-state index in [0.29, 0.717) is 23.9 Å². The summed E-state index contributed by atoms with van der Waals surface area (Å²) in [4.78, 5) is 19.0. The number of methoxy groups -OCH3 is 1. The molecule has 0 fully saturated rings. The van der Waals surface area contributed by atoms with E-state index >= 15 is 0 Å². The van der Waals surface area contributed by atoms with Crippen LogP contribution in [0.2, 0.25) is 0 Å². The van der Waals surface area contributed by atoms with Crippen LogP contribution in [0.1, 0.15) is 53.7 Å². The number of aromatic nitrogens is 1. The Morgan fingerprint density at radius 1 is 1.29 bits per heavy atom. The third-order valence-electron chi connectivity index (χ3n) is 5.15. The van der Waals surface area contributed by atoms with E-state index in [2.05, 4.69) is 41.5 Å². The van der Waals surface area contributed by atoms with E-state index in [1.54, 1.807) is 25.6 Å². The molecular formula is C22H30ClN3O2. The Bertz CT molecular complexity index is 769. The smallest absolute Gasteiger partial charge is 0.259 e. The number of carbonyl (C=O) groups is 1. The molecular weight excluding hydrogens is 374 g/mol. The summed E-state index contributed by atoms with van der Waals surface area (Å²) >= 11 is 0. The van der Waals surface area contributed by atoms with Crippen molar-refractivity contribution < 1.29 is 9.53 Å². The van der Waals surface area contributed by atoms with Gasteiger partial charge in [-0.05, 0) is 42.9 Å². The van der Waals surface area contributed by atoms with E-state index in [4.69, 9.17) is 4.74 Å². The van der Waals surface area contributed by atoms with Crippen LogP contribution in [0, 0.1) is 0 Å². The summed E-state index contributed by atoms with van der Waals surface area (Å²) in [7, 11) is 1.58. The number of aryl methyl sites for hydroxylation is 1. The number of hydrogen-bond acceptors (Lipinski definition) is 4. The Morgan fingerprint density at radius 3 is 2.89 bits per heavy atom. The summed E-state index contributed by atoms with van der Waals surface area (Å²) in [5.41, 5.74) is 3.38. The molecule has 0 saturated carbocycles. The first-order valence-corrected chi connectivity index (χ1v) is 9.83. The molecule has 28 heavy (non-hydrogen) atoms. The summed E-state index contributed by atoms with van der Waals surface area (Å²) in [6.07, 6.45) is 7.67. The standard InChI is InChI=1S/C22H29N3O2.ClH/c1-3-14-25(22(26)19-16-23-12-11-21(19)27-2)15-13-24-20-10-6-8-17-7-4-5-9-18(17)20;/h4-5,7,9,11-12,16,20,24H,3,6,8,10,13-15H2,1-2H3;1H. The average Bonchev–Trinajstić information content (AvgIpc) is 2.72. The molecule has 1 aliphatic carbocycles. The molecule has 0 bridgehead atoms. The number of amides is 1. The van der Waals surface area contributed by atoms with Crippen molar-refractivity contribution in [2.75, 3.05) is 26.7 Å². The number of hydrogen-bond donors (Lipinski definition) is 1. The summed E-state index contributed by atoms with van der Waals surface area (Å²) < 4.78 is 5.33. The van der Waals surface area contributed by atoms with Gasteiger partial charge in [0, 0.05) is 38.1 Å². The van der Waals surface area contributed by atoms with Crippen molar-refractivity contribution in [1.82, 2.24) is 15.2 Å². The molecule has 2 aromatic rings. The van der Waals surface area contributed by atoms with Gasteiger partial charge in [0.05, 0.1) is 12.7 Å². The second kappa shape index (κ2) is 11.0. The van der Waals surface area contributed by atoms with Crippen molar-refractivity contribution in [1.29, 1.82) is 0 Å². The first-order valence-electron chi connectivity index (χ1n) is 9.83. The van der Waals surface area contributed by atoms with E-state index in [1.165, 1.54) is 17.5 Å². The van der Waals surface area contributed by atoms with Crippen molar-refractivity contribution in [2.24, 2.45) is 0 Å². The van der Waals surface area contributed by atoms with Gasteiger partial charge >= 0.3 is 0 Å². The van der Waals surface area contributed by atoms with Crippen molar-refractivity contribution in [3.8, 4) is 5.75 Å². The number of nitrogens with zero attached hydrogens (tertiary/aromatic N) is 2. The topological polar surface area (TPSA) is 54.5 Å². The van der Waals surface area contributed by atoms with Crippen LogP contribution < -0.4 is 10.1 Å². The largest absolute Gasteiger partial charge is 0.496 e. The fourth-order valence-electron chi connectivity index (χ4n) is 3.82. The monoisotopic (exact) mass is 403 g/mol. The third kappa shape index (κ3) is 5.24. The van der Waals surface area contributed by atoms with Crippen LogP contribution in [0.3, 0.4) is 0 Å². The van der Waals surface area contributed by atoms with E-state index in [1.807, 2.05) is 4.90 Å². The number of halogens is 1. The molecule has 1 amide bonds. The van der Waals surface area contributed by atoms with Gasteiger partial charge in [0.2, 0.25) is 0 Å². The summed E-state index contributed by atoms with van der Waals surface area (Å²) in [5, 5.41) is 3.66. The minimum atomic E-state index is -0.0207. The SMILES string of the molecule is CCCN(CCNC1CCCc2ccccc21)C(=O)c1cnccc1OC.Cl. The molecule has 0 radical (unpaired) electrons. The molecule has 1 heterocycles. The van der Waals surface area contributed by atoms with Gasteiger partial charge in [0.25, 0.3) is 5.91 Å². The normalized spacial score (nSPS) is 15.3. The lowest BCUT2D eigenvalue weighted by Crippen LogP contribution is -2.39. The molecule has 6 heteroatoms. The van der Waals surface area contributed by atoms with Gasteiger partial charge in [0.1, 0.15) is 5.75 Å².